The molecule has 2 aromatic carbocycles. The van der Waals surface area contributed by atoms with E-state index in [-0.39, 0.29) is 51.6 Å². The number of hydrogen-bond acceptors (Lipinski definition) is 6. The van der Waals surface area contributed by atoms with Crippen LogP contribution in [0.4, 0.5) is 0 Å². The smallest absolute Gasteiger partial charge is 0.264 e. The minimum atomic E-state index is -4.06. The van der Waals surface area contributed by atoms with Gasteiger partial charge in [-0.1, -0.05) is 96.5 Å². The highest BCUT2D eigenvalue weighted by Gasteiger charge is 2.46. The monoisotopic (exact) mass is 618 g/mol. The van der Waals surface area contributed by atoms with Gasteiger partial charge in [-0.2, -0.15) is 0 Å². The highest BCUT2D eigenvalue weighted by molar-refractivity contribution is 7.90. The molecule has 0 bridgehead atoms. The number of hydrogen-bond donors (Lipinski definition) is 4. The zero-order valence-electron chi connectivity index (χ0n) is 26.8. The molecular formula is C33H51ClN4O3S. The summed E-state index contributed by atoms with van der Waals surface area (Å²) in [6.07, 6.45) is 1.89. The van der Waals surface area contributed by atoms with Crippen molar-refractivity contribution < 1.29 is 13.2 Å². The molecule has 0 saturated heterocycles. The number of nitrogens with two attached hydrogens (primary N) is 1. The Hall–Kier alpha value is -2.23. The zero-order chi connectivity index (χ0) is 32.0. The van der Waals surface area contributed by atoms with Gasteiger partial charge in [0.05, 0.1) is 4.90 Å². The van der Waals surface area contributed by atoms with Gasteiger partial charge in [0.25, 0.3) is 15.9 Å². The van der Waals surface area contributed by atoms with Gasteiger partial charge in [0.1, 0.15) is 0 Å². The Labute approximate surface area is 259 Å². The van der Waals surface area contributed by atoms with Crippen molar-refractivity contribution in [1.29, 1.82) is 0 Å². The van der Waals surface area contributed by atoms with Crippen LogP contribution in [-0.4, -0.2) is 46.5 Å². The fourth-order valence-electron chi connectivity index (χ4n) is 6.21. The van der Waals surface area contributed by atoms with E-state index >= 15 is 0 Å². The quantitative estimate of drug-likeness (QED) is 0.220. The Morgan fingerprint density at radius 1 is 0.929 bits per heavy atom. The van der Waals surface area contributed by atoms with Gasteiger partial charge in [0.2, 0.25) is 0 Å². The molecule has 5 N–H and O–H groups in total. The first-order valence-corrected chi connectivity index (χ1v) is 16.4. The number of sulfonamides is 1. The molecule has 5 atom stereocenters. The topological polar surface area (TPSA) is 113 Å². The fourth-order valence-corrected chi connectivity index (χ4v) is 7.35. The van der Waals surface area contributed by atoms with E-state index in [2.05, 4.69) is 76.0 Å². The molecule has 2 aromatic rings. The van der Waals surface area contributed by atoms with Crippen molar-refractivity contribution in [2.75, 3.05) is 14.1 Å². The minimum absolute atomic E-state index is 0.0275. The molecule has 42 heavy (non-hydrogen) atoms. The first-order chi connectivity index (χ1) is 19.4. The van der Waals surface area contributed by atoms with Crippen LogP contribution in [0.1, 0.15) is 61.0 Å². The molecule has 0 aliphatic carbocycles. The molecule has 7 nitrogen and oxygen atoms in total. The van der Waals surface area contributed by atoms with E-state index in [0.717, 1.165) is 0 Å². The lowest BCUT2D eigenvalue weighted by Gasteiger charge is -2.50. The lowest BCUT2D eigenvalue weighted by Crippen LogP contribution is -2.64. The molecule has 9 heteroatoms. The molecule has 234 valence electrons. The molecular weight excluding hydrogens is 568 g/mol. The van der Waals surface area contributed by atoms with Crippen LogP contribution in [0.15, 0.2) is 71.1 Å². The van der Waals surface area contributed by atoms with E-state index < -0.39 is 15.9 Å². The van der Waals surface area contributed by atoms with Crippen LogP contribution in [0.2, 0.25) is 5.02 Å². The van der Waals surface area contributed by atoms with E-state index in [1.807, 2.05) is 38.4 Å². The molecule has 2 rings (SSSR count). The van der Waals surface area contributed by atoms with Crippen LogP contribution in [0, 0.1) is 23.2 Å². The molecule has 0 saturated carbocycles. The third kappa shape index (κ3) is 8.66. The van der Waals surface area contributed by atoms with Crippen LogP contribution in [0.5, 0.6) is 0 Å². The highest BCUT2D eigenvalue weighted by atomic mass is 35.5. The SMILES string of the molecule is CNC([C@H](/C=C(\C)C(=O)NS(=O)(=O)c1ccc(Cl)cc1)C(C)C)[C@H](C(N)[C@@H](NC)C(C)(C)c1ccccc1)C(C)(C)C. The van der Waals surface area contributed by atoms with Crippen molar-refractivity contribution in [3.63, 3.8) is 0 Å². The fraction of sp³-hybridized carbons (Fsp3) is 0.545. The summed E-state index contributed by atoms with van der Waals surface area (Å²) in [6.45, 7) is 16.9. The van der Waals surface area contributed by atoms with Crippen molar-refractivity contribution >= 4 is 27.5 Å². The summed E-state index contributed by atoms with van der Waals surface area (Å²) in [7, 11) is -0.172. The molecule has 0 spiro atoms. The maximum atomic E-state index is 13.2. The van der Waals surface area contributed by atoms with Crippen LogP contribution in [0.3, 0.4) is 0 Å². The second-order valence-electron chi connectivity index (χ2n) is 13.2. The number of benzene rings is 2. The van der Waals surface area contributed by atoms with Crippen LogP contribution >= 0.6 is 11.6 Å². The Bertz CT molecular complexity index is 1300. The lowest BCUT2D eigenvalue weighted by atomic mass is 9.62. The Morgan fingerprint density at radius 2 is 1.48 bits per heavy atom. The molecule has 0 fully saturated rings. The average molecular weight is 619 g/mol. The summed E-state index contributed by atoms with van der Waals surface area (Å²) < 4.78 is 28.0. The van der Waals surface area contributed by atoms with E-state index in [1.165, 1.54) is 29.8 Å². The number of likely N-dealkylation sites (N-methyl/N-ethyl adjacent to an activating group) is 1. The van der Waals surface area contributed by atoms with Gasteiger partial charge >= 0.3 is 0 Å². The Balaban J connectivity index is 2.48. The number of halogens is 1. The first-order valence-electron chi connectivity index (χ1n) is 14.5. The summed E-state index contributed by atoms with van der Waals surface area (Å²) in [5, 5.41) is 7.50. The second-order valence-corrected chi connectivity index (χ2v) is 15.3. The maximum absolute atomic E-state index is 13.2. The highest BCUT2D eigenvalue weighted by Crippen LogP contribution is 2.40. The largest absolute Gasteiger partial charge is 0.326 e. The van der Waals surface area contributed by atoms with Crippen molar-refractivity contribution in [3.05, 3.63) is 76.8 Å². The van der Waals surface area contributed by atoms with Crippen LogP contribution in [0.25, 0.3) is 0 Å². The van der Waals surface area contributed by atoms with Gasteiger partial charge in [-0.3, -0.25) is 4.79 Å². The second kappa shape index (κ2) is 14.5. The van der Waals surface area contributed by atoms with E-state index in [1.54, 1.807) is 6.92 Å². The lowest BCUT2D eigenvalue weighted by molar-refractivity contribution is -0.115. The van der Waals surface area contributed by atoms with E-state index in [0.29, 0.717) is 10.6 Å². The van der Waals surface area contributed by atoms with Crippen molar-refractivity contribution in [1.82, 2.24) is 15.4 Å². The van der Waals surface area contributed by atoms with Crippen LogP contribution < -0.4 is 21.1 Å². The van der Waals surface area contributed by atoms with Crippen molar-refractivity contribution in [3.8, 4) is 0 Å². The summed E-state index contributed by atoms with van der Waals surface area (Å²) in [6, 6.07) is 15.6. The molecule has 0 aromatic heterocycles. The normalized spacial score (nSPS) is 16.9. The minimum Gasteiger partial charge on any atom is -0.326 e. The number of carbonyl (C=O) groups excluding carboxylic acids is 1. The van der Waals surface area contributed by atoms with E-state index in [4.69, 9.17) is 17.3 Å². The molecule has 0 aliphatic rings. The molecule has 0 aliphatic heterocycles. The third-order valence-corrected chi connectivity index (χ3v) is 10.1. The number of amides is 1. The molecule has 1 amide bonds. The van der Waals surface area contributed by atoms with Gasteiger partial charge in [0.15, 0.2) is 0 Å². The standard InChI is InChI=1S/C33H51ClN4O3S/c1-21(2)26(20-22(3)31(39)38-42(40,41)25-18-16-24(34)17-19-25)29(36-9)27(32(4,5)6)28(35)30(37-10)33(7,8)23-14-12-11-13-15-23/h11-21,26-30,36-37H,35H2,1-10H3,(H,38,39)/b22-20+/t26-,27+,28?,29?,30-/m1/s1. The van der Waals surface area contributed by atoms with Crippen molar-refractivity contribution in [2.24, 2.45) is 28.9 Å². The Morgan fingerprint density at radius 3 is 1.93 bits per heavy atom. The van der Waals surface area contributed by atoms with E-state index in [9.17, 15) is 13.2 Å². The predicted octanol–water partition coefficient (Wildman–Crippen LogP) is 5.51. The van der Waals surface area contributed by atoms with Crippen molar-refractivity contribution in [2.45, 2.75) is 83.8 Å². The van der Waals surface area contributed by atoms with Gasteiger partial charge in [-0.25, -0.2) is 13.1 Å². The van der Waals surface area contributed by atoms with Gasteiger partial charge in [0, 0.05) is 34.1 Å². The average Bonchev–Trinajstić information content (AvgIpc) is 2.90. The number of nitrogens with one attached hydrogen (secondary N) is 3. The summed E-state index contributed by atoms with van der Waals surface area (Å²) in [5.74, 6) is -0.683. The predicted molar refractivity (Wildman–Crippen MR) is 175 cm³/mol. The third-order valence-electron chi connectivity index (χ3n) is 8.46. The summed E-state index contributed by atoms with van der Waals surface area (Å²) >= 11 is 5.90. The summed E-state index contributed by atoms with van der Waals surface area (Å²) in [4.78, 5) is 13.1. The van der Waals surface area contributed by atoms with Crippen LogP contribution in [-0.2, 0) is 20.2 Å². The van der Waals surface area contributed by atoms with Gasteiger partial charge in [-0.15, -0.1) is 0 Å². The Kier molecular flexibility index (Phi) is 12.4. The summed E-state index contributed by atoms with van der Waals surface area (Å²) in [5.41, 5.74) is 8.30. The first kappa shape index (κ1) is 36.0. The zero-order valence-corrected chi connectivity index (χ0v) is 28.4. The number of rotatable bonds is 13. The molecule has 0 radical (unpaired) electrons. The number of carbonyl (C=O) groups is 1. The maximum Gasteiger partial charge on any atom is 0.264 e. The van der Waals surface area contributed by atoms with Gasteiger partial charge < -0.3 is 16.4 Å². The van der Waals surface area contributed by atoms with Gasteiger partial charge in [-0.05, 0) is 74.0 Å². The molecule has 0 heterocycles. The molecule has 2 unspecified atom stereocenters.